The summed E-state index contributed by atoms with van der Waals surface area (Å²) in [6.07, 6.45) is 5.42. The molecular weight excluding hydrogens is 440 g/mol. The van der Waals surface area contributed by atoms with Crippen molar-refractivity contribution in [2.24, 2.45) is 9.50 Å². The zero-order valence-electron chi connectivity index (χ0n) is 19.1. The van der Waals surface area contributed by atoms with E-state index in [1.807, 2.05) is 0 Å². The summed E-state index contributed by atoms with van der Waals surface area (Å²) in [4.78, 5) is 4.19. The molecule has 0 saturated carbocycles. The van der Waals surface area contributed by atoms with Crippen LogP contribution in [-0.2, 0) is 43.7 Å². The Labute approximate surface area is 196 Å². The van der Waals surface area contributed by atoms with Crippen LogP contribution in [0.4, 0.5) is 5.69 Å². The quantitative estimate of drug-likeness (QED) is 0.505. The molecule has 0 radical (unpaired) electrons. The fourth-order valence-electron chi connectivity index (χ4n) is 5.14. The van der Waals surface area contributed by atoms with E-state index in [4.69, 9.17) is 9.79 Å². The number of aliphatic hydroxyl groups is 1. The van der Waals surface area contributed by atoms with Gasteiger partial charge in [0.05, 0.1) is 0 Å². The summed E-state index contributed by atoms with van der Waals surface area (Å²) in [6, 6.07) is 2.35. The molecule has 2 aromatic rings. The first-order valence-electron chi connectivity index (χ1n) is 10.9. The number of hydrogen-bond acceptors (Lipinski definition) is 7. The fraction of sp³-hybridized carbons (Fsp3) is 0.474. The van der Waals surface area contributed by atoms with Crippen molar-refractivity contribution in [2.45, 2.75) is 60.1 Å². The van der Waals surface area contributed by atoms with Gasteiger partial charge in [0.25, 0.3) is 0 Å². The molecule has 0 bridgehead atoms. The van der Waals surface area contributed by atoms with Crippen molar-refractivity contribution in [2.75, 3.05) is 5.32 Å². The van der Waals surface area contributed by atoms with E-state index in [1.165, 1.54) is 28.5 Å². The predicted molar refractivity (Wildman–Crippen MR) is 138 cm³/mol. The van der Waals surface area contributed by atoms with E-state index in [9.17, 15) is 9.32 Å². The summed E-state index contributed by atoms with van der Waals surface area (Å²) in [5.74, 6) is 0. The van der Waals surface area contributed by atoms with E-state index in [2.05, 4.69) is 44.3 Å². The average Bonchev–Trinajstić information content (AvgIpc) is 3.35. The second-order valence-corrected chi connectivity index (χ2v) is 13.4. The van der Waals surface area contributed by atoms with E-state index in [-0.39, 0.29) is 5.21 Å². The van der Waals surface area contributed by atoms with Crippen LogP contribution in [-0.4, -0.2) is 50.7 Å². The summed E-state index contributed by atoms with van der Waals surface area (Å²) >= 11 is 1.11. The molecule has 1 aromatic carbocycles. The standard InChI is InChI=1S/C19H26B4N4O3S2/c1-17(2,28)15-25-8-11(31-15)32(24,29)27-16-23-30-19(22)6-4-10-7-9-3-5-18(20,21)12(9)14(26-16)13(10)19/h7-8,26,28H,3-6,20-22H2,1-2H3,(H2,24,27,29). The molecule has 0 amide bonds. The van der Waals surface area contributed by atoms with Gasteiger partial charge >= 0.3 is 197 Å². The van der Waals surface area contributed by atoms with Gasteiger partial charge in [-0.05, 0) is 0 Å². The summed E-state index contributed by atoms with van der Waals surface area (Å²) in [6.45, 7) is 3.26. The third-order valence-electron chi connectivity index (χ3n) is 6.80. The van der Waals surface area contributed by atoms with Crippen LogP contribution in [0.3, 0.4) is 0 Å². The molecule has 1 aliphatic heterocycles. The fourth-order valence-corrected chi connectivity index (χ4v) is 7.29. The minimum atomic E-state index is -3.28. The molecule has 4 N–H and O–H groups in total. The van der Waals surface area contributed by atoms with Gasteiger partial charge in [0, 0.05) is 0 Å². The van der Waals surface area contributed by atoms with Crippen LogP contribution < -0.4 is 10.5 Å². The van der Waals surface area contributed by atoms with E-state index in [1.54, 1.807) is 21.0 Å². The summed E-state index contributed by atoms with van der Waals surface area (Å²) in [7, 11) is 4.91. The van der Waals surface area contributed by atoms with Crippen LogP contribution in [0.5, 0.6) is 0 Å². The van der Waals surface area contributed by atoms with Crippen LogP contribution >= 0.6 is 11.3 Å². The second-order valence-electron chi connectivity index (χ2n) is 10.4. The zero-order chi connectivity index (χ0) is 23.1. The van der Waals surface area contributed by atoms with Crippen molar-refractivity contribution >= 4 is 63.3 Å². The van der Waals surface area contributed by atoms with Gasteiger partial charge in [0.1, 0.15) is 0 Å². The first-order valence-corrected chi connectivity index (χ1v) is 13.3. The van der Waals surface area contributed by atoms with Gasteiger partial charge in [-0.15, -0.1) is 0 Å². The number of thiazole rings is 1. The van der Waals surface area contributed by atoms with Gasteiger partial charge in [0.15, 0.2) is 0 Å². The molecule has 13 heteroatoms. The van der Waals surface area contributed by atoms with Crippen LogP contribution in [0.1, 0.15) is 54.0 Å². The number of aryl methyl sites for hydroxylation is 2. The molecule has 0 fully saturated rings. The normalized spacial score (nSPS) is 24.7. The van der Waals surface area contributed by atoms with Gasteiger partial charge in [0.2, 0.25) is 0 Å². The van der Waals surface area contributed by atoms with Gasteiger partial charge in [-0.3, -0.25) is 0 Å². The Morgan fingerprint density at radius 2 is 2.00 bits per heavy atom. The van der Waals surface area contributed by atoms with Crippen LogP contribution in [0.15, 0.2) is 20.8 Å². The molecule has 2 heterocycles. The molecule has 0 spiro atoms. The van der Waals surface area contributed by atoms with E-state index < -0.39 is 21.0 Å². The Hall–Kier alpha value is -1.55. The number of nitrogens with two attached hydrogens (primary N) is 1. The first-order chi connectivity index (χ1) is 14.8. The molecule has 2 atom stereocenters. The van der Waals surface area contributed by atoms with Gasteiger partial charge in [-0.2, -0.15) is 0 Å². The monoisotopic (exact) mass is 466 g/mol. The van der Waals surface area contributed by atoms with E-state index in [0.29, 0.717) is 14.9 Å². The van der Waals surface area contributed by atoms with Gasteiger partial charge in [-0.1, -0.05) is 0 Å². The predicted octanol–water partition coefficient (Wildman–Crippen LogP) is -0.983. The molecule has 2 unspecified atom stereocenters. The maximum atomic E-state index is 13.4. The van der Waals surface area contributed by atoms with Crippen LogP contribution in [0.2, 0.25) is 0 Å². The van der Waals surface area contributed by atoms with E-state index >= 15 is 0 Å². The number of nitrogens with one attached hydrogen (secondary N) is 1. The Balaban J connectivity index is 1.62. The number of hydrogen-bond donors (Lipinski definition) is 3. The first kappa shape index (κ1) is 22.3. The van der Waals surface area contributed by atoms with Crippen molar-refractivity contribution in [1.29, 1.82) is 0 Å². The Bertz CT molecular complexity index is 1290. The average molecular weight is 466 g/mol. The number of fused-ring (bicyclic) bond motifs is 2. The van der Waals surface area contributed by atoms with Crippen LogP contribution in [0, 0.1) is 0 Å². The summed E-state index contributed by atoms with van der Waals surface area (Å²) in [5, 5.41) is 20.3. The second kappa shape index (κ2) is 6.98. The zero-order valence-corrected chi connectivity index (χ0v) is 20.7. The molecular formula is C19H26B4N4O3S2. The van der Waals surface area contributed by atoms with Gasteiger partial charge in [-0.25, -0.2) is 0 Å². The van der Waals surface area contributed by atoms with Crippen LogP contribution in [0.25, 0.3) is 0 Å². The minimum absolute atomic E-state index is 0.0229. The third kappa shape index (κ3) is 3.48. The summed E-state index contributed by atoms with van der Waals surface area (Å²) in [5.41, 5.74) is 4.92. The SMILES string of the molecule is BC1(B)CCc2cc3c4c(c21)NC(N=S(N)(=O)c1cnc(C(C)(C)O)s1)=BOC4(B)CC3. The topological polar surface area (TPSA) is 110 Å². The van der Waals surface area contributed by atoms with Crippen molar-refractivity contribution in [3.63, 3.8) is 0 Å². The molecule has 7 nitrogen and oxygen atoms in total. The number of anilines is 1. The Kier molecular flexibility index (Phi) is 4.85. The van der Waals surface area contributed by atoms with Gasteiger partial charge < -0.3 is 0 Å². The number of nitrogens with zero attached hydrogens (tertiary/aromatic N) is 2. The molecule has 0 saturated heterocycles. The number of benzene rings is 1. The number of rotatable bonds is 3. The van der Waals surface area contributed by atoms with Crippen molar-refractivity contribution in [3.05, 3.63) is 39.5 Å². The third-order valence-corrected chi connectivity index (χ3v) is 10.0. The van der Waals surface area contributed by atoms with E-state index in [0.717, 1.165) is 42.7 Å². The Morgan fingerprint density at radius 3 is 2.69 bits per heavy atom. The Morgan fingerprint density at radius 1 is 1.31 bits per heavy atom. The number of aromatic nitrogens is 1. The molecule has 1 aromatic heterocycles. The molecule has 164 valence electrons. The molecule has 32 heavy (non-hydrogen) atoms. The van der Waals surface area contributed by atoms with Crippen molar-refractivity contribution in [1.82, 2.24) is 4.98 Å². The summed E-state index contributed by atoms with van der Waals surface area (Å²) < 4.78 is 24.4. The molecule has 5 rings (SSSR count). The van der Waals surface area contributed by atoms with Crippen molar-refractivity contribution < 1.29 is 14.0 Å². The maximum absolute atomic E-state index is 13.4. The molecule has 3 aliphatic rings. The van der Waals surface area contributed by atoms with Crippen molar-refractivity contribution in [3.8, 4) is 0 Å². The molecule has 2 aliphatic carbocycles.